The zero-order valence-corrected chi connectivity index (χ0v) is 9.87. The van der Waals surface area contributed by atoms with E-state index >= 15 is 0 Å². The van der Waals surface area contributed by atoms with Crippen LogP contribution < -0.4 is 15.4 Å². The number of aryl methyl sites for hydroxylation is 1. The smallest absolute Gasteiger partial charge is 0.241 e. The quantitative estimate of drug-likeness (QED) is 0.771. The Morgan fingerprint density at radius 3 is 2.75 bits per heavy atom. The van der Waals surface area contributed by atoms with Crippen molar-refractivity contribution in [2.75, 3.05) is 19.5 Å². The molecular weight excluding hydrogens is 208 g/mol. The largest absolute Gasteiger partial charge is 0.481 e. The second-order valence-electron chi connectivity index (χ2n) is 3.32. The van der Waals surface area contributed by atoms with E-state index in [1.807, 2.05) is 0 Å². The van der Waals surface area contributed by atoms with Crippen molar-refractivity contribution in [1.82, 2.24) is 15.3 Å². The average molecular weight is 224 g/mol. The third kappa shape index (κ3) is 3.08. The number of ether oxygens (including phenoxy) is 1. The molecule has 1 aromatic heterocycles. The molecule has 1 unspecified atom stereocenters. The molecule has 1 aromatic rings. The van der Waals surface area contributed by atoms with Gasteiger partial charge in [0.1, 0.15) is 17.7 Å². The number of anilines is 1. The number of hydrogen-bond acceptors (Lipinski definition) is 5. The molecule has 0 fully saturated rings. The second kappa shape index (κ2) is 5.29. The molecule has 0 spiro atoms. The Morgan fingerprint density at radius 2 is 2.19 bits per heavy atom. The first-order valence-electron chi connectivity index (χ1n) is 4.94. The van der Waals surface area contributed by atoms with Crippen LogP contribution in [0.3, 0.4) is 0 Å². The zero-order valence-electron chi connectivity index (χ0n) is 9.87. The lowest BCUT2D eigenvalue weighted by Gasteiger charge is -2.13. The van der Waals surface area contributed by atoms with Gasteiger partial charge in [-0.25, -0.2) is 4.98 Å². The molecule has 0 aliphatic rings. The number of carbonyl (C=O) groups is 1. The van der Waals surface area contributed by atoms with Crippen LogP contribution in [-0.2, 0) is 4.79 Å². The summed E-state index contributed by atoms with van der Waals surface area (Å²) in [6.45, 7) is 3.51. The number of rotatable bonds is 4. The van der Waals surface area contributed by atoms with E-state index in [1.54, 1.807) is 27.0 Å². The lowest BCUT2D eigenvalue weighted by atomic mass is 10.3. The molecule has 88 valence electrons. The highest BCUT2D eigenvalue weighted by Gasteiger charge is 2.12. The Hall–Kier alpha value is -1.85. The van der Waals surface area contributed by atoms with E-state index in [9.17, 15) is 4.79 Å². The molecule has 6 nitrogen and oxygen atoms in total. The van der Waals surface area contributed by atoms with Crippen molar-refractivity contribution < 1.29 is 9.53 Å². The lowest BCUT2D eigenvalue weighted by Crippen LogP contribution is -2.35. The highest BCUT2D eigenvalue weighted by molar-refractivity contribution is 5.83. The fourth-order valence-electron chi connectivity index (χ4n) is 1.22. The standard InChI is InChI=1S/C10H16N4O2/c1-6(10(15)11-3)12-8-5-9(16-4)14-7(2)13-8/h5-6H,1-4H3,(H,11,15)(H,12,13,14). The summed E-state index contributed by atoms with van der Waals surface area (Å²) in [4.78, 5) is 19.5. The van der Waals surface area contributed by atoms with Crippen molar-refractivity contribution in [3.8, 4) is 5.88 Å². The van der Waals surface area contributed by atoms with E-state index in [0.29, 0.717) is 17.5 Å². The number of methoxy groups -OCH3 is 1. The molecule has 0 saturated heterocycles. The Labute approximate surface area is 94.4 Å². The molecule has 0 aromatic carbocycles. The van der Waals surface area contributed by atoms with Gasteiger partial charge in [0.05, 0.1) is 7.11 Å². The Morgan fingerprint density at radius 1 is 1.50 bits per heavy atom. The number of hydrogen-bond donors (Lipinski definition) is 2. The average Bonchev–Trinajstić information content (AvgIpc) is 2.26. The van der Waals surface area contributed by atoms with Crippen LogP contribution >= 0.6 is 0 Å². The van der Waals surface area contributed by atoms with Gasteiger partial charge in [-0.05, 0) is 13.8 Å². The molecule has 6 heteroatoms. The summed E-state index contributed by atoms with van der Waals surface area (Å²) in [5.41, 5.74) is 0. The number of amides is 1. The summed E-state index contributed by atoms with van der Waals surface area (Å²) in [5.74, 6) is 1.53. The molecule has 2 N–H and O–H groups in total. The van der Waals surface area contributed by atoms with Gasteiger partial charge in [0.25, 0.3) is 0 Å². The maximum Gasteiger partial charge on any atom is 0.241 e. The molecule has 0 radical (unpaired) electrons. The van der Waals surface area contributed by atoms with Gasteiger partial charge in [0.15, 0.2) is 0 Å². The summed E-state index contributed by atoms with van der Waals surface area (Å²) in [7, 11) is 3.13. The maximum atomic E-state index is 11.3. The van der Waals surface area contributed by atoms with E-state index in [0.717, 1.165) is 0 Å². The summed E-state index contributed by atoms with van der Waals surface area (Å²) in [6, 6.07) is 1.29. The van der Waals surface area contributed by atoms with Gasteiger partial charge in [-0.3, -0.25) is 4.79 Å². The van der Waals surface area contributed by atoms with Crippen LogP contribution in [0.25, 0.3) is 0 Å². The van der Waals surface area contributed by atoms with Crippen molar-refractivity contribution in [3.05, 3.63) is 11.9 Å². The van der Waals surface area contributed by atoms with Crippen LogP contribution in [0.2, 0.25) is 0 Å². The topological polar surface area (TPSA) is 76.1 Å². The number of nitrogens with one attached hydrogen (secondary N) is 2. The first-order chi connectivity index (χ1) is 7.56. The Balaban J connectivity index is 2.80. The van der Waals surface area contributed by atoms with E-state index < -0.39 is 0 Å². The first-order valence-corrected chi connectivity index (χ1v) is 4.94. The zero-order chi connectivity index (χ0) is 12.1. The Kier molecular flexibility index (Phi) is 4.04. The van der Waals surface area contributed by atoms with Gasteiger partial charge in [0, 0.05) is 13.1 Å². The molecule has 1 rings (SSSR count). The molecule has 0 bridgehead atoms. The lowest BCUT2D eigenvalue weighted by molar-refractivity contribution is -0.121. The number of nitrogens with zero attached hydrogens (tertiary/aromatic N) is 2. The van der Waals surface area contributed by atoms with Crippen molar-refractivity contribution in [2.24, 2.45) is 0 Å². The summed E-state index contributed by atoms with van der Waals surface area (Å²) in [6.07, 6.45) is 0. The second-order valence-corrected chi connectivity index (χ2v) is 3.32. The van der Waals surface area contributed by atoms with Crippen LogP contribution in [0.15, 0.2) is 6.07 Å². The normalized spacial score (nSPS) is 11.8. The SMILES string of the molecule is CNC(=O)C(C)Nc1cc(OC)nc(C)n1. The van der Waals surface area contributed by atoms with Crippen molar-refractivity contribution in [1.29, 1.82) is 0 Å². The fraction of sp³-hybridized carbons (Fsp3) is 0.500. The van der Waals surface area contributed by atoms with Gasteiger partial charge in [-0.2, -0.15) is 4.98 Å². The fourth-order valence-corrected chi connectivity index (χ4v) is 1.22. The van der Waals surface area contributed by atoms with E-state index in [4.69, 9.17) is 4.74 Å². The van der Waals surface area contributed by atoms with E-state index in [-0.39, 0.29) is 11.9 Å². The number of aromatic nitrogens is 2. The van der Waals surface area contributed by atoms with Gasteiger partial charge < -0.3 is 15.4 Å². The van der Waals surface area contributed by atoms with E-state index in [2.05, 4.69) is 20.6 Å². The predicted molar refractivity (Wildman–Crippen MR) is 60.5 cm³/mol. The number of carbonyl (C=O) groups excluding carboxylic acids is 1. The van der Waals surface area contributed by atoms with Gasteiger partial charge >= 0.3 is 0 Å². The monoisotopic (exact) mass is 224 g/mol. The molecular formula is C10H16N4O2. The van der Waals surface area contributed by atoms with Crippen molar-refractivity contribution in [3.63, 3.8) is 0 Å². The minimum absolute atomic E-state index is 0.102. The molecule has 1 heterocycles. The van der Waals surface area contributed by atoms with Crippen LogP contribution in [0, 0.1) is 6.92 Å². The first kappa shape index (κ1) is 12.2. The predicted octanol–water partition coefficient (Wildman–Crippen LogP) is 0.340. The summed E-state index contributed by atoms with van der Waals surface area (Å²) >= 11 is 0. The highest BCUT2D eigenvalue weighted by atomic mass is 16.5. The van der Waals surface area contributed by atoms with Crippen LogP contribution in [0.5, 0.6) is 5.88 Å². The Bertz CT molecular complexity index is 381. The minimum Gasteiger partial charge on any atom is -0.481 e. The van der Waals surface area contributed by atoms with Gasteiger partial charge in [0.2, 0.25) is 11.8 Å². The summed E-state index contributed by atoms with van der Waals surface area (Å²) < 4.78 is 5.01. The molecule has 16 heavy (non-hydrogen) atoms. The van der Waals surface area contributed by atoms with Crippen molar-refractivity contribution >= 4 is 11.7 Å². The molecule has 1 amide bonds. The van der Waals surface area contributed by atoms with E-state index in [1.165, 1.54) is 7.11 Å². The molecule has 0 aliphatic heterocycles. The minimum atomic E-state index is -0.357. The third-order valence-corrected chi connectivity index (χ3v) is 2.03. The van der Waals surface area contributed by atoms with Crippen LogP contribution in [0.4, 0.5) is 5.82 Å². The van der Waals surface area contributed by atoms with Gasteiger partial charge in [-0.1, -0.05) is 0 Å². The highest BCUT2D eigenvalue weighted by Crippen LogP contribution is 2.13. The van der Waals surface area contributed by atoms with Crippen LogP contribution in [0.1, 0.15) is 12.7 Å². The van der Waals surface area contributed by atoms with Crippen LogP contribution in [-0.4, -0.2) is 36.1 Å². The number of likely N-dealkylation sites (N-methyl/N-ethyl adjacent to an activating group) is 1. The summed E-state index contributed by atoms with van der Waals surface area (Å²) in [5, 5.41) is 5.52. The van der Waals surface area contributed by atoms with Gasteiger partial charge in [-0.15, -0.1) is 0 Å². The van der Waals surface area contributed by atoms with Crippen molar-refractivity contribution in [2.45, 2.75) is 19.9 Å². The molecule has 0 aliphatic carbocycles. The molecule has 0 saturated carbocycles. The maximum absolute atomic E-state index is 11.3. The third-order valence-electron chi connectivity index (χ3n) is 2.03. The molecule has 1 atom stereocenters.